The molecule has 0 heteroatoms. The Hall–Kier alpha value is -1.04. The minimum Gasteiger partial charge on any atom is -0.103 e. The fraction of sp³-hybridized carbons (Fsp3) is 0.471. The van der Waals surface area contributed by atoms with Crippen molar-refractivity contribution in [2.45, 2.75) is 38.5 Å². The maximum Gasteiger partial charge on any atom is -0.0103 e. The fourth-order valence-electron chi connectivity index (χ4n) is 3.63. The third-order valence-corrected chi connectivity index (χ3v) is 4.35. The van der Waals surface area contributed by atoms with Gasteiger partial charge in [0.05, 0.1) is 0 Å². The molecule has 0 aromatic heterocycles. The first kappa shape index (κ1) is 14.0. The van der Waals surface area contributed by atoms with E-state index in [1.807, 2.05) is 12.2 Å². The van der Waals surface area contributed by atoms with Crippen molar-refractivity contribution in [1.82, 2.24) is 0 Å². The van der Waals surface area contributed by atoms with E-state index in [4.69, 9.17) is 0 Å². The lowest BCUT2D eigenvalue weighted by molar-refractivity contribution is 0.116. The normalized spacial score (nSPS) is 20.7. The Morgan fingerprint density at radius 2 is 1.41 bits per heavy atom. The van der Waals surface area contributed by atoms with Crippen molar-refractivity contribution in [2.24, 2.45) is 10.8 Å². The Bertz CT molecular complexity index is 245. The Balaban J connectivity index is 3.11. The summed E-state index contributed by atoms with van der Waals surface area (Å²) in [4.78, 5) is 0. The molecule has 0 aromatic carbocycles. The maximum absolute atomic E-state index is 3.94. The molecule has 1 radical (unpaired) electrons. The molecule has 0 aliphatic heterocycles. The van der Waals surface area contributed by atoms with Crippen molar-refractivity contribution in [2.75, 3.05) is 0 Å². The summed E-state index contributed by atoms with van der Waals surface area (Å²) in [5, 5.41) is 0. The molecular weight excluding hydrogens is 204 g/mol. The van der Waals surface area contributed by atoms with Gasteiger partial charge in [0, 0.05) is 0 Å². The van der Waals surface area contributed by atoms with Gasteiger partial charge < -0.3 is 0 Å². The van der Waals surface area contributed by atoms with Crippen molar-refractivity contribution >= 4 is 0 Å². The highest BCUT2D eigenvalue weighted by atomic mass is 14.5. The predicted octanol–water partition coefficient (Wildman–Crippen LogP) is 5.26. The van der Waals surface area contributed by atoms with Gasteiger partial charge in [-0.15, -0.1) is 26.3 Å². The van der Waals surface area contributed by atoms with Crippen LogP contribution in [0.1, 0.15) is 38.5 Å². The van der Waals surface area contributed by atoms with Gasteiger partial charge in [-0.25, -0.2) is 0 Å². The van der Waals surface area contributed by atoms with E-state index < -0.39 is 0 Å². The van der Waals surface area contributed by atoms with Crippen molar-refractivity contribution in [3.05, 3.63) is 57.0 Å². The van der Waals surface area contributed by atoms with Crippen LogP contribution in [0.5, 0.6) is 0 Å². The van der Waals surface area contributed by atoms with Gasteiger partial charge >= 0.3 is 0 Å². The molecule has 17 heavy (non-hydrogen) atoms. The summed E-state index contributed by atoms with van der Waals surface area (Å²) in [5.41, 5.74) is 0.484. The Morgan fingerprint density at radius 1 is 0.824 bits per heavy atom. The van der Waals surface area contributed by atoms with Crippen LogP contribution in [-0.2, 0) is 0 Å². The summed E-state index contributed by atoms with van der Waals surface area (Å²) >= 11 is 0. The lowest BCUT2D eigenvalue weighted by Crippen LogP contribution is -2.37. The summed E-state index contributed by atoms with van der Waals surface area (Å²) < 4.78 is 0. The van der Waals surface area contributed by atoms with Crippen molar-refractivity contribution in [3.63, 3.8) is 0 Å². The first-order valence-corrected chi connectivity index (χ1v) is 6.50. The minimum absolute atomic E-state index is 0.207. The standard InChI is InChI=1S/C17H25/c1-5-10-16(11-6-2)14-9-15-17(16,12-7-3)13-8-4/h5-8,10H,1-4,9,11-15H2. The molecule has 1 fully saturated rings. The Kier molecular flexibility index (Phi) is 4.99. The van der Waals surface area contributed by atoms with Gasteiger partial charge in [0.15, 0.2) is 0 Å². The van der Waals surface area contributed by atoms with E-state index in [2.05, 4.69) is 44.9 Å². The molecule has 0 aromatic rings. The maximum atomic E-state index is 3.94. The molecule has 0 nitrogen and oxygen atoms in total. The summed E-state index contributed by atoms with van der Waals surface area (Å²) in [5.74, 6) is 0. The summed E-state index contributed by atoms with van der Waals surface area (Å²) in [6.45, 7) is 15.7. The predicted molar refractivity (Wildman–Crippen MR) is 77.7 cm³/mol. The van der Waals surface area contributed by atoms with Crippen molar-refractivity contribution < 1.29 is 0 Å². The topological polar surface area (TPSA) is 0 Å². The molecule has 0 N–H and O–H groups in total. The summed E-state index contributed by atoms with van der Waals surface area (Å²) in [6, 6.07) is 0. The average Bonchev–Trinajstić information content (AvgIpc) is 2.60. The highest BCUT2D eigenvalue weighted by molar-refractivity contribution is 5.18. The fourth-order valence-corrected chi connectivity index (χ4v) is 3.63. The van der Waals surface area contributed by atoms with Crippen LogP contribution in [0.2, 0.25) is 0 Å². The van der Waals surface area contributed by atoms with Crippen LogP contribution in [0.15, 0.2) is 50.6 Å². The van der Waals surface area contributed by atoms with Gasteiger partial charge in [-0.1, -0.05) is 30.7 Å². The molecule has 1 aliphatic carbocycles. The smallest absolute Gasteiger partial charge is 0.0103 e. The largest absolute Gasteiger partial charge is 0.103 e. The van der Waals surface area contributed by atoms with E-state index in [1.165, 1.54) is 19.3 Å². The zero-order valence-electron chi connectivity index (χ0n) is 11.0. The van der Waals surface area contributed by atoms with Gasteiger partial charge in [0.1, 0.15) is 0 Å². The van der Waals surface area contributed by atoms with Crippen LogP contribution < -0.4 is 0 Å². The van der Waals surface area contributed by atoms with Crippen LogP contribution in [0, 0.1) is 17.3 Å². The lowest BCUT2D eigenvalue weighted by atomic mass is 9.59. The number of hydrogen-bond donors (Lipinski definition) is 0. The van der Waals surface area contributed by atoms with Crippen LogP contribution >= 0.6 is 0 Å². The Labute approximate surface area is 107 Å². The van der Waals surface area contributed by atoms with Crippen molar-refractivity contribution in [3.8, 4) is 0 Å². The van der Waals surface area contributed by atoms with E-state index in [-0.39, 0.29) is 10.8 Å². The molecule has 0 heterocycles. The SMILES string of the molecule is C=C[CH]C1(CC=C)CCCC1(CC=C)CC=C. The van der Waals surface area contributed by atoms with Crippen molar-refractivity contribution in [1.29, 1.82) is 0 Å². The molecule has 1 atom stereocenters. The van der Waals surface area contributed by atoms with Crippen LogP contribution in [0.4, 0.5) is 0 Å². The Morgan fingerprint density at radius 3 is 1.88 bits per heavy atom. The molecule has 1 unspecified atom stereocenters. The average molecular weight is 229 g/mol. The number of allylic oxidation sites excluding steroid dienone is 4. The molecule has 1 rings (SSSR count). The molecule has 0 saturated heterocycles. The summed E-state index contributed by atoms with van der Waals surface area (Å²) in [6.07, 6.45) is 17.3. The molecule has 1 aliphatic rings. The monoisotopic (exact) mass is 229 g/mol. The van der Waals surface area contributed by atoms with E-state index in [1.54, 1.807) is 0 Å². The highest BCUT2D eigenvalue weighted by Crippen LogP contribution is 2.61. The van der Waals surface area contributed by atoms with Crippen LogP contribution in [0.25, 0.3) is 0 Å². The number of hydrogen-bond acceptors (Lipinski definition) is 0. The molecule has 1 saturated carbocycles. The minimum atomic E-state index is 0.207. The van der Waals surface area contributed by atoms with E-state index in [0.717, 1.165) is 19.3 Å². The quantitative estimate of drug-likeness (QED) is 0.498. The molecule has 0 amide bonds. The van der Waals surface area contributed by atoms with Crippen LogP contribution in [0.3, 0.4) is 0 Å². The van der Waals surface area contributed by atoms with E-state index in [0.29, 0.717) is 0 Å². The van der Waals surface area contributed by atoms with Gasteiger partial charge in [0.2, 0.25) is 0 Å². The third-order valence-electron chi connectivity index (χ3n) is 4.35. The second-order valence-electron chi connectivity index (χ2n) is 5.17. The second kappa shape index (κ2) is 6.05. The van der Waals surface area contributed by atoms with Crippen LogP contribution in [-0.4, -0.2) is 0 Å². The van der Waals surface area contributed by atoms with Gasteiger partial charge in [0.25, 0.3) is 0 Å². The van der Waals surface area contributed by atoms with E-state index >= 15 is 0 Å². The molecule has 0 spiro atoms. The first-order valence-electron chi connectivity index (χ1n) is 6.50. The second-order valence-corrected chi connectivity index (χ2v) is 5.17. The first-order chi connectivity index (χ1) is 8.20. The zero-order valence-corrected chi connectivity index (χ0v) is 11.0. The van der Waals surface area contributed by atoms with E-state index in [9.17, 15) is 0 Å². The lowest BCUT2D eigenvalue weighted by Gasteiger charge is -2.45. The number of rotatable bonds is 8. The molecular formula is C17H25. The van der Waals surface area contributed by atoms with Gasteiger partial charge in [-0.05, 0) is 49.4 Å². The highest BCUT2D eigenvalue weighted by Gasteiger charge is 2.51. The molecule has 93 valence electrons. The third kappa shape index (κ3) is 2.46. The zero-order chi connectivity index (χ0) is 12.8. The molecule has 0 bridgehead atoms. The van der Waals surface area contributed by atoms with Gasteiger partial charge in [-0.3, -0.25) is 0 Å². The summed E-state index contributed by atoms with van der Waals surface area (Å²) in [7, 11) is 0. The van der Waals surface area contributed by atoms with Gasteiger partial charge in [-0.2, -0.15) is 0 Å².